The van der Waals surface area contributed by atoms with E-state index in [4.69, 9.17) is 4.74 Å². The van der Waals surface area contributed by atoms with Gasteiger partial charge in [-0.25, -0.2) is 9.18 Å². The molecule has 5 heteroatoms. The van der Waals surface area contributed by atoms with Gasteiger partial charge in [-0.1, -0.05) is 12.1 Å². The summed E-state index contributed by atoms with van der Waals surface area (Å²) in [6, 6.07) is 4.06. The Balaban J connectivity index is 2.81. The summed E-state index contributed by atoms with van der Waals surface area (Å²) in [5.41, 5.74) is 0.388. The van der Waals surface area contributed by atoms with Gasteiger partial charge in [0.2, 0.25) is 0 Å². The fraction of sp³-hybridized carbons (Fsp3) is 0.308. The van der Waals surface area contributed by atoms with Gasteiger partial charge in [0, 0.05) is 6.61 Å². The number of aliphatic hydroxyl groups is 1. The van der Waals surface area contributed by atoms with Crippen molar-refractivity contribution in [1.82, 2.24) is 0 Å². The molecule has 0 bridgehead atoms. The third-order valence-corrected chi connectivity index (χ3v) is 2.19. The van der Waals surface area contributed by atoms with Gasteiger partial charge in [0.05, 0.1) is 12.7 Å². The van der Waals surface area contributed by atoms with E-state index in [1.165, 1.54) is 31.4 Å². The molecule has 1 unspecified atom stereocenters. The van der Waals surface area contributed by atoms with Gasteiger partial charge in [0.25, 0.3) is 0 Å². The molecule has 0 aliphatic heterocycles. The first-order valence-corrected chi connectivity index (χ1v) is 5.44. The first-order valence-electron chi connectivity index (χ1n) is 5.44. The largest absolute Gasteiger partial charge is 0.465 e. The zero-order chi connectivity index (χ0) is 13.5. The van der Waals surface area contributed by atoms with Crippen LogP contribution in [0.3, 0.4) is 0 Å². The maximum absolute atomic E-state index is 13.5. The van der Waals surface area contributed by atoms with Gasteiger partial charge in [-0.15, -0.1) is 0 Å². The molecule has 0 heterocycles. The quantitative estimate of drug-likeness (QED) is 0.645. The lowest BCUT2D eigenvalue weighted by atomic mass is 10.1. The molecule has 0 aliphatic carbocycles. The SMILES string of the molecule is CCOC(O)/C=C/c1ccc(C(=O)OC)c(F)c1. The summed E-state index contributed by atoms with van der Waals surface area (Å²) in [5, 5.41) is 9.28. The van der Waals surface area contributed by atoms with Crippen LogP contribution in [-0.4, -0.2) is 31.1 Å². The number of ether oxygens (including phenoxy) is 2. The van der Waals surface area contributed by atoms with Crippen LogP contribution >= 0.6 is 0 Å². The van der Waals surface area contributed by atoms with Crippen molar-refractivity contribution in [2.24, 2.45) is 0 Å². The predicted molar refractivity (Wildman–Crippen MR) is 64.4 cm³/mol. The maximum atomic E-state index is 13.5. The second-order valence-corrected chi connectivity index (χ2v) is 3.44. The predicted octanol–water partition coefficient (Wildman–Crippen LogP) is 1.98. The van der Waals surface area contributed by atoms with Crippen LogP contribution in [0.1, 0.15) is 22.8 Å². The van der Waals surface area contributed by atoms with E-state index in [1.807, 2.05) is 0 Å². The van der Waals surface area contributed by atoms with Crippen LogP contribution < -0.4 is 0 Å². The molecule has 98 valence electrons. The van der Waals surface area contributed by atoms with Crippen molar-refractivity contribution in [2.45, 2.75) is 13.2 Å². The first-order chi connectivity index (χ1) is 8.58. The summed E-state index contributed by atoms with van der Waals surface area (Å²) in [4.78, 5) is 11.2. The molecule has 1 atom stereocenters. The second-order valence-electron chi connectivity index (χ2n) is 3.44. The molecule has 4 nitrogen and oxygen atoms in total. The smallest absolute Gasteiger partial charge is 0.340 e. The molecule has 0 aromatic heterocycles. The van der Waals surface area contributed by atoms with Crippen LogP contribution in [0.2, 0.25) is 0 Å². The number of hydrogen-bond acceptors (Lipinski definition) is 4. The summed E-state index contributed by atoms with van der Waals surface area (Å²) in [7, 11) is 1.19. The molecule has 1 aromatic rings. The highest BCUT2D eigenvalue weighted by Crippen LogP contribution is 2.13. The number of rotatable bonds is 5. The number of benzene rings is 1. The van der Waals surface area contributed by atoms with Crippen LogP contribution in [-0.2, 0) is 9.47 Å². The minimum atomic E-state index is -1.03. The van der Waals surface area contributed by atoms with Gasteiger partial charge in [-0.3, -0.25) is 0 Å². The normalized spacial score (nSPS) is 12.7. The number of carbonyl (C=O) groups is 1. The van der Waals surface area contributed by atoms with Crippen LogP contribution in [0.5, 0.6) is 0 Å². The van der Waals surface area contributed by atoms with Crippen molar-refractivity contribution in [1.29, 1.82) is 0 Å². The standard InChI is InChI=1S/C13H15FO4/c1-3-18-12(15)7-5-9-4-6-10(11(14)8-9)13(16)17-2/h4-8,12,15H,3H2,1-2H3/b7-5+. The van der Waals surface area contributed by atoms with Crippen molar-refractivity contribution >= 4 is 12.0 Å². The monoisotopic (exact) mass is 254 g/mol. The molecule has 1 aromatic carbocycles. The fourth-order valence-corrected chi connectivity index (χ4v) is 1.33. The van der Waals surface area contributed by atoms with E-state index >= 15 is 0 Å². The molecule has 0 fully saturated rings. The lowest BCUT2D eigenvalue weighted by Gasteiger charge is -2.05. The van der Waals surface area contributed by atoms with Gasteiger partial charge < -0.3 is 14.6 Å². The maximum Gasteiger partial charge on any atom is 0.340 e. The highest BCUT2D eigenvalue weighted by Gasteiger charge is 2.11. The summed E-state index contributed by atoms with van der Waals surface area (Å²) < 4.78 is 22.8. The average molecular weight is 254 g/mol. The molecule has 0 saturated heterocycles. The molecule has 0 aliphatic rings. The third kappa shape index (κ3) is 3.94. The van der Waals surface area contributed by atoms with Gasteiger partial charge in [0.1, 0.15) is 5.82 Å². The Kier molecular flexibility index (Phi) is 5.48. The van der Waals surface area contributed by atoms with Gasteiger partial charge in [-0.2, -0.15) is 0 Å². The lowest BCUT2D eigenvalue weighted by molar-refractivity contribution is -0.0581. The van der Waals surface area contributed by atoms with Crippen molar-refractivity contribution in [3.63, 3.8) is 0 Å². The Bertz CT molecular complexity index is 443. The van der Waals surface area contributed by atoms with E-state index in [1.54, 1.807) is 13.0 Å². The van der Waals surface area contributed by atoms with Crippen LogP contribution in [0.4, 0.5) is 4.39 Å². The molecule has 18 heavy (non-hydrogen) atoms. The van der Waals surface area contributed by atoms with Crippen molar-refractivity contribution in [2.75, 3.05) is 13.7 Å². The molecular weight excluding hydrogens is 239 g/mol. The average Bonchev–Trinajstić information content (AvgIpc) is 2.36. The zero-order valence-corrected chi connectivity index (χ0v) is 10.2. The molecule has 0 saturated carbocycles. The molecule has 1 N–H and O–H groups in total. The highest BCUT2D eigenvalue weighted by molar-refractivity contribution is 5.89. The zero-order valence-electron chi connectivity index (χ0n) is 10.2. The topological polar surface area (TPSA) is 55.8 Å². The molecule has 0 radical (unpaired) electrons. The third-order valence-electron chi connectivity index (χ3n) is 2.19. The van der Waals surface area contributed by atoms with Crippen LogP contribution in [0, 0.1) is 5.82 Å². The number of methoxy groups -OCH3 is 1. The summed E-state index contributed by atoms with van der Waals surface area (Å²) in [6.07, 6.45) is 1.86. The molecular formula is C13H15FO4. The van der Waals surface area contributed by atoms with E-state index in [-0.39, 0.29) is 5.56 Å². The van der Waals surface area contributed by atoms with Crippen LogP contribution in [0.25, 0.3) is 6.08 Å². The summed E-state index contributed by atoms with van der Waals surface area (Å²) in [5.74, 6) is -1.40. The van der Waals surface area contributed by atoms with E-state index in [0.717, 1.165) is 0 Å². The number of carbonyl (C=O) groups excluding carboxylic acids is 1. The van der Waals surface area contributed by atoms with Gasteiger partial charge in [0.15, 0.2) is 6.29 Å². The number of hydrogen-bond donors (Lipinski definition) is 1. The lowest BCUT2D eigenvalue weighted by Crippen LogP contribution is -2.07. The van der Waals surface area contributed by atoms with Crippen molar-refractivity contribution in [3.8, 4) is 0 Å². The fourth-order valence-electron chi connectivity index (χ4n) is 1.33. The van der Waals surface area contributed by atoms with E-state index in [2.05, 4.69) is 4.74 Å². The summed E-state index contributed by atoms with van der Waals surface area (Å²) >= 11 is 0. The van der Waals surface area contributed by atoms with E-state index < -0.39 is 18.1 Å². The number of aliphatic hydroxyl groups excluding tert-OH is 1. The number of esters is 1. The Labute approximate surface area is 105 Å². The van der Waals surface area contributed by atoms with Crippen LogP contribution in [0.15, 0.2) is 24.3 Å². The Morgan fingerprint density at radius 1 is 1.56 bits per heavy atom. The highest BCUT2D eigenvalue weighted by atomic mass is 19.1. The number of halogens is 1. The van der Waals surface area contributed by atoms with Crippen molar-refractivity contribution in [3.05, 3.63) is 41.2 Å². The Morgan fingerprint density at radius 2 is 2.28 bits per heavy atom. The molecule has 1 rings (SSSR count). The van der Waals surface area contributed by atoms with E-state index in [9.17, 15) is 14.3 Å². The van der Waals surface area contributed by atoms with E-state index in [0.29, 0.717) is 12.2 Å². The van der Waals surface area contributed by atoms with Gasteiger partial charge >= 0.3 is 5.97 Å². The first kappa shape index (κ1) is 14.3. The minimum absolute atomic E-state index is 0.125. The molecule has 0 spiro atoms. The van der Waals surface area contributed by atoms with Gasteiger partial charge in [-0.05, 0) is 30.7 Å². The van der Waals surface area contributed by atoms with Crippen molar-refractivity contribution < 1.29 is 23.8 Å². The Hall–Kier alpha value is -1.72. The minimum Gasteiger partial charge on any atom is -0.465 e. The second kappa shape index (κ2) is 6.88. The molecule has 0 amide bonds. The summed E-state index contributed by atoms with van der Waals surface area (Å²) in [6.45, 7) is 2.13. The Morgan fingerprint density at radius 3 is 2.83 bits per heavy atom.